The molecule has 18 heavy (non-hydrogen) atoms. The number of aromatic hydroxyl groups is 1. The van der Waals surface area contributed by atoms with Gasteiger partial charge in [-0.25, -0.2) is 0 Å². The van der Waals surface area contributed by atoms with E-state index in [1.54, 1.807) is 12.1 Å². The van der Waals surface area contributed by atoms with Crippen LogP contribution in [0.1, 0.15) is 45.1 Å². The quantitative estimate of drug-likeness (QED) is 0.779. The fourth-order valence-electron chi connectivity index (χ4n) is 2.05. The zero-order chi connectivity index (χ0) is 13.4. The van der Waals surface area contributed by atoms with Gasteiger partial charge in [0.1, 0.15) is 5.75 Å². The molecule has 0 aromatic heterocycles. The Kier molecular flexibility index (Phi) is 6.26. The fourth-order valence-corrected chi connectivity index (χ4v) is 2.05. The van der Waals surface area contributed by atoms with Crippen LogP contribution in [0.4, 0.5) is 0 Å². The van der Waals surface area contributed by atoms with Crippen molar-refractivity contribution in [3.05, 3.63) is 29.8 Å². The lowest BCUT2D eigenvalue weighted by molar-refractivity contribution is -0.125. The van der Waals surface area contributed by atoms with Crippen molar-refractivity contribution in [3.63, 3.8) is 0 Å². The van der Waals surface area contributed by atoms with Gasteiger partial charge in [0.2, 0.25) is 5.91 Å². The molecular weight excluding hydrogens is 226 g/mol. The maximum atomic E-state index is 12.0. The zero-order valence-corrected chi connectivity index (χ0v) is 11.3. The number of nitrogens with one attached hydrogen (secondary N) is 1. The number of benzene rings is 1. The molecule has 0 aliphatic rings. The Hall–Kier alpha value is -1.51. The smallest absolute Gasteiger partial charge is 0.223 e. The molecule has 1 rings (SSSR count). The van der Waals surface area contributed by atoms with Gasteiger partial charge in [-0.15, -0.1) is 0 Å². The fraction of sp³-hybridized carbons (Fsp3) is 0.533. The Labute approximate surface area is 109 Å². The molecule has 0 unspecified atom stereocenters. The molecule has 1 aromatic carbocycles. The first-order valence-electron chi connectivity index (χ1n) is 6.73. The summed E-state index contributed by atoms with van der Waals surface area (Å²) in [6.45, 7) is 4.74. The zero-order valence-electron chi connectivity index (χ0n) is 11.3. The van der Waals surface area contributed by atoms with Crippen molar-refractivity contribution in [1.82, 2.24) is 5.32 Å². The van der Waals surface area contributed by atoms with Crippen LogP contribution in [-0.2, 0) is 11.3 Å². The number of hydrogen-bond donors (Lipinski definition) is 2. The van der Waals surface area contributed by atoms with E-state index in [-0.39, 0.29) is 17.6 Å². The number of phenolic OH excluding ortho intramolecular Hbond substituents is 1. The van der Waals surface area contributed by atoms with E-state index in [1.807, 2.05) is 12.1 Å². The summed E-state index contributed by atoms with van der Waals surface area (Å²) >= 11 is 0. The van der Waals surface area contributed by atoms with Crippen molar-refractivity contribution in [3.8, 4) is 5.75 Å². The molecule has 0 heterocycles. The first-order chi connectivity index (χ1) is 8.67. The molecule has 0 aliphatic carbocycles. The summed E-state index contributed by atoms with van der Waals surface area (Å²) in [7, 11) is 0. The lowest BCUT2D eigenvalue weighted by Gasteiger charge is -2.15. The van der Waals surface area contributed by atoms with Crippen LogP contribution in [-0.4, -0.2) is 11.0 Å². The molecule has 2 N–H and O–H groups in total. The first-order valence-corrected chi connectivity index (χ1v) is 6.73. The molecule has 0 saturated carbocycles. The van der Waals surface area contributed by atoms with E-state index >= 15 is 0 Å². The largest absolute Gasteiger partial charge is 0.508 e. The summed E-state index contributed by atoms with van der Waals surface area (Å²) in [4.78, 5) is 12.0. The lowest BCUT2D eigenvalue weighted by atomic mass is 9.97. The molecule has 1 amide bonds. The van der Waals surface area contributed by atoms with E-state index < -0.39 is 0 Å². The molecule has 3 nitrogen and oxygen atoms in total. The third kappa shape index (κ3) is 4.78. The van der Waals surface area contributed by atoms with Crippen LogP contribution in [0.5, 0.6) is 5.75 Å². The average Bonchev–Trinajstić information content (AvgIpc) is 2.37. The Morgan fingerprint density at radius 3 is 2.22 bits per heavy atom. The standard InChI is InChI=1S/C15H23NO2/c1-3-5-13(6-4-2)15(18)16-11-12-7-9-14(17)10-8-12/h7-10,13,17H,3-6,11H2,1-2H3,(H,16,18). The molecule has 0 saturated heterocycles. The molecule has 0 aliphatic heterocycles. The first kappa shape index (κ1) is 14.6. The van der Waals surface area contributed by atoms with Crippen molar-refractivity contribution in [2.24, 2.45) is 5.92 Å². The van der Waals surface area contributed by atoms with Crippen LogP contribution in [0.15, 0.2) is 24.3 Å². The van der Waals surface area contributed by atoms with E-state index in [1.165, 1.54) is 0 Å². The molecule has 0 atom stereocenters. The minimum atomic E-state index is 0.136. The van der Waals surface area contributed by atoms with Gasteiger partial charge in [0.05, 0.1) is 0 Å². The molecular formula is C15H23NO2. The van der Waals surface area contributed by atoms with E-state index in [4.69, 9.17) is 0 Å². The SMILES string of the molecule is CCCC(CCC)C(=O)NCc1ccc(O)cc1. The molecule has 0 bridgehead atoms. The van der Waals surface area contributed by atoms with Gasteiger partial charge in [0.25, 0.3) is 0 Å². The van der Waals surface area contributed by atoms with E-state index in [9.17, 15) is 9.90 Å². The number of hydrogen-bond acceptors (Lipinski definition) is 2. The summed E-state index contributed by atoms with van der Waals surface area (Å²) < 4.78 is 0. The molecule has 1 aromatic rings. The van der Waals surface area contributed by atoms with Crippen molar-refractivity contribution < 1.29 is 9.90 Å². The van der Waals surface area contributed by atoms with E-state index in [2.05, 4.69) is 19.2 Å². The Balaban J connectivity index is 2.45. The molecule has 3 heteroatoms. The van der Waals surface area contributed by atoms with Gasteiger partial charge in [-0.1, -0.05) is 38.8 Å². The number of rotatable bonds is 7. The van der Waals surface area contributed by atoms with Crippen molar-refractivity contribution in [2.75, 3.05) is 0 Å². The predicted octanol–water partition coefficient (Wildman–Crippen LogP) is 3.22. The number of phenols is 1. The number of amides is 1. The summed E-state index contributed by atoms with van der Waals surface area (Å²) in [5, 5.41) is 12.1. The predicted molar refractivity (Wildman–Crippen MR) is 73.3 cm³/mol. The highest BCUT2D eigenvalue weighted by molar-refractivity contribution is 5.78. The van der Waals surface area contributed by atoms with Crippen LogP contribution in [0, 0.1) is 5.92 Å². The van der Waals surface area contributed by atoms with Crippen molar-refractivity contribution >= 4 is 5.91 Å². The second-order valence-corrected chi connectivity index (χ2v) is 4.66. The second-order valence-electron chi connectivity index (χ2n) is 4.66. The van der Waals surface area contributed by atoms with Gasteiger partial charge >= 0.3 is 0 Å². The number of carbonyl (C=O) groups is 1. The molecule has 0 radical (unpaired) electrons. The summed E-state index contributed by atoms with van der Waals surface area (Å²) in [6, 6.07) is 6.92. The lowest BCUT2D eigenvalue weighted by Crippen LogP contribution is -2.30. The van der Waals surface area contributed by atoms with E-state index in [0.717, 1.165) is 31.2 Å². The highest BCUT2D eigenvalue weighted by Crippen LogP contribution is 2.14. The van der Waals surface area contributed by atoms with Gasteiger partial charge in [0.15, 0.2) is 0 Å². The third-order valence-electron chi connectivity index (χ3n) is 3.05. The maximum Gasteiger partial charge on any atom is 0.223 e. The highest BCUT2D eigenvalue weighted by Gasteiger charge is 2.15. The van der Waals surface area contributed by atoms with E-state index in [0.29, 0.717) is 6.54 Å². The summed E-state index contributed by atoms with van der Waals surface area (Å²) in [5.41, 5.74) is 1.01. The Morgan fingerprint density at radius 1 is 1.17 bits per heavy atom. The van der Waals surface area contributed by atoms with Crippen LogP contribution in [0.25, 0.3) is 0 Å². The van der Waals surface area contributed by atoms with Gasteiger partial charge < -0.3 is 10.4 Å². The van der Waals surface area contributed by atoms with Gasteiger partial charge in [-0.05, 0) is 30.5 Å². The van der Waals surface area contributed by atoms with Gasteiger partial charge in [-0.2, -0.15) is 0 Å². The van der Waals surface area contributed by atoms with Crippen LogP contribution < -0.4 is 5.32 Å². The minimum Gasteiger partial charge on any atom is -0.508 e. The van der Waals surface area contributed by atoms with Crippen LogP contribution in [0.2, 0.25) is 0 Å². The van der Waals surface area contributed by atoms with Crippen molar-refractivity contribution in [2.45, 2.75) is 46.1 Å². The maximum absolute atomic E-state index is 12.0. The topological polar surface area (TPSA) is 49.3 Å². The normalized spacial score (nSPS) is 10.6. The average molecular weight is 249 g/mol. The molecule has 100 valence electrons. The van der Waals surface area contributed by atoms with Gasteiger partial charge in [0, 0.05) is 12.5 Å². The highest BCUT2D eigenvalue weighted by atomic mass is 16.3. The van der Waals surface area contributed by atoms with Crippen molar-refractivity contribution in [1.29, 1.82) is 0 Å². The minimum absolute atomic E-state index is 0.136. The summed E-state index contributed by atoms with van der Waals surface area (Å²) in [5.74, 6) is 0.531. The second kappa shape index (κ2) is 7.75. The Morgan fingerprint density at radius 2 is 1.72 bits per heavy atom. The number of carbonyl (C=O) groups excluding carboxylic acids is 1. The van der Waals surface area contributed by atoms with Crippen LogP contribution >= 0.6 is 0 Å². The molecule has 0 spiro atoms. The Bertz CT molecular complexity index is 353. The van der Waals surface area contributed by atoms with Crippen LogP contribution in [0.3, 0.4) is 0 Å². The monoisotopic (exact) mass is 249 g/mol. The molecule has 0 fully saturated rings. The third-order valence-corrected chi connectivity index (χ3v) is 3.05. The van der Waals surface area contributed by atoms with Gasteiger partial charge in [-0.3, -0.25) is 4.79 Å². The summed E-state index contributed by atoms with van der Waals surface area (Å²) in [6.07, 6.45) is 3.99.